The van der Waals surface area contributed by atoms with Crippen molar-refractivity contribution in [3.63, 3.8) is 0 Å². The normalized spacial score (nSPS) is 19.7. The van der Waals surface area contributed by atoms with Crippen molar-refractivity contribution in [2.75, 3.05) is 20.6 Å². The van der Waals surface area contributed by atoms with Gasteiger partial charge in [0.2, 0.25) is 0 Å². The molecule has 1 saturated carbocycles. The molecule has 2 rings (SSSR count). The van der Waals surface area contributed by atoms with Crippen LogP contribution in [-0.2, 0) is 6.54 Å². The quantitative estimate of drug-likeness (QED) is 0.863. The van der Waals surface area contributed by atoms with Gasteiger partial charge in [0.1, 0.15) is 0 Å². The third-order valence-electron chi connectivity index (χ3n) is 4.85. The number of aromatic nitrogens is 2. The van der Waals surface area contributed by atoms with Gasteiger partial charge in [0.15, 0.2) is 0 Å². The lowest BCUT2D eigenvalue weighted by Crippen LogP contribution is -2.34. The maximum Gasteiger partial charge on any atom is 0.0699 e. The van der Waals surface area contributed by atoms with Crippen LogP contribution in [0.25, 0.3) is 0 Å². The van der Waals surface area contributed by atoms with Gasteiger partial charge >= 0.3 is 0 Å². The van der Waals surface area contributed by atoms with Gasteiger partial charge in [0.05, 0.1) is 29.0 Å². The van der Waals surface area contributed by atoms with Crippen LogP contribution in [0.15, 0.2) is 10.7 Å². The highest BCUT2D eigenvalue weighted by Gasteiger charge is 2.40. The van der Waals surface area contributed by atoms with Gasteiger partial charge in [-0.15, -0.1) is 0 Å². The zero-order valence-electron chi connectivity index (χ0n) is 12.9. The first-order valence-corrected chi connectivity index (χ1v) is 8.41. The third kappa shape index (κ3) is 3.10. The topological polar surface area (TPSA) is 47.1 Å². The molecule has 1 atom stereocenters. The lowest BCUT2D eigenvalue weighted by molar-refractivity contribution is 0.211. The SMILES string of the molecule is CCC1(C(N)c2c(Br)cnn2CCN(C)C)CCCC1. The largest absolute Gasteiger partial charge is 0.322 e. The van der Waals surface area contributed by atoms with Gasteiger partial charge in [-0.2, -0.15) is 5.10 Å². The molecule has 5 heteroatoms. The van der Waals surface area contributed by atoms with Gasteiger partial charge in [-0.1, -0.05) is 19.8 Å². The molecule has 4 nitrogen and oxygen atoms in total. The van der Waals surface area contributed by atoms with E-state index in [4.69, 9.17) is 5.73 Å². The summed E-state index contributed by atoms with van der Waals surface area (Å²) >= 11 is 3.65. The summed E-state index contributed by atoms with van der Waals surface area (Å²) in [6.45, 7) is 4.15. The molecule has 1 aliphatic carbocycles. The van der Waals surface area contributed by atoms with Crippen LogP contribution in [-0.4, -0.2) is 35.3 Å². The molecule has 1 aromatic heterocycles. The second-order valence-corrected chi connectivity index (χ2v) is 7.16. The lowest BCUT2D eigenvalue weighted by atomic mass is 9.75. The summed E-state index contributed by atoms with van der Waals surface area (Å²) in [6.07, 6.45) is 8.16. The summed E-state index contributed by atoms with van der Waals surface area (Å²) in [6, 6.07) is 0.0778. The molecule has 0 amide bonds. The van der Waals surface area contributed by atoms with Crippen LogP contribution in [0.5, 0.6) is 0 Å². The molecular weight excluding hydrogens is 316 g/mol. The molecule has 0 aromatic carbocycles. The van der Waals surface area contributed by atoms with E-state index in [2.05, 4.69) is 51.6 Å². The fourth-order valence-corrected chi connectivity index (χ4v) is 3.95. The Kier molecular flexibility index (Phi) is 5.26. The van der Waals surface area contributed by atoms with Gasteiger partial charge in [0.25, 0.3) is 0 Å². The molecule has 20 heavy (non-hydrogen) atoms. The minimum atomic E-state index is 0.0778. The number of halogens is 1. The molecule has 1 aliphatic rings. The summed E-state index contributed by atoms with van der Waals surface area (Å²) in [5.74, 6) is 0. The number of hydrogen-bond acceptors (Lipinski definition) is 3. The zero-order chi connectivity index (χ0) is 14.8. The highest BCUT2D eigenvalue weighted by molar-refractivity contribution is 9.10. The third-order valence-corrected chi connectivity index (χ3v) is 5.46. The maximum absolute atomic E-state index is 6.69. The molecule has 0 aliphatic heterocycles. The predicted molar refractivity (Wildman–Crippen MR) is 86.6 cm³/mol. The van der Waals surface area contributed by atoms with E-state index in [0.29, 0.717) is 0 Å². The van der Waals surface area contributed by atoms with Gasteiger partial charge in [-0.05, 0) is 54.7 Å². The Morgan fingerprint density at radius 2 is 2.10 bits per heavy atom. The number of hydrogen-bond donors (Lipinski definition) is 1. The Balaban J connectivity index is 2.24. The highest BCUT2D eigenvalue weighted by Crippen LogP contribution is 2.49. The van der Waals surface area contributed by atoms with Crippen molar-refractivity contribution in [2.24, 2.45) is 11.1 Å². The minimum Gasteiger partial charge on any atom is -0.322 e. The number of likely N-dealkylation sites (N-methyl/N-ethyl adjacent to an activating group) is 1. The van der Waals surface area contributed by atoms with Crippen molar-refractivity contribution < 1.29 is 0 Å². The van der Waals surface area contributed by atoms with Crippen molar-refractivity contribution >= 4 is 15.9 Å². The summed E-state index contributed by atoms with van der Waals surface area (Å²) in [5.41, 5.74) is 8.13. The van der Waals surface area contributed by atoms with Gasteiger partial charge in [-0.3, -0.25) is 4.68 Å². The van der Waals surface area contributed by atoms with Gasteiger partial charge < -0.3 is 10.6 Å². The molecular formula is C15H27BrN4. The molecule has 0 saturated heterocycles. The summed E-state index contributed by atoms with van der Waals surface area (Å²) < 4.78 is 3.15. The average Bonchev–Trinajstić information content (AvgIpc) is 3.03. The average molecular weight is 343 g/mol. The molecule has 114 valence electrons. The molecule has 0 bridgehead atoms. The van der Waals surface area contributed by atoms with Crippen LogP contribution in [0.1, 0.15) is 50.8 Å². The second-order valence-electron chi connectivity index (χ2n) is 6.30. The molecule has 0 spiro atoms. The second kappa shape index (κ2) is 6.58. The van der Waals surface area contributed by atoms with Crippen LogP contribution in [0.2, 0.25) is 0 Å². The molecule has 2 N–H and O–H groups in total. The maximum atomic E-state index is 6.69. The Morgan fingerprint density at radius 1 is 1.45 bits per heavy atom. The van der Waals surface area contributed by atoms with Crippen LogP contribution >= 0.6 is 15.9 Å². The minimum absolute atomic E-state index is 0.0778. The van der Waals surface area contributed by atoms with Crippen molar-refractivity contribution in [1.29, 1.82) is 0 Å². The number of nitrogens with zero attached hydrogens (tertiary/aromatic N) is 3. The smallest absolute Gasteiger partial charge is 0.0699 e. The zero-order valence-corrected chi connectivity index (χ0v) is 14.5. The molecule has 1 heterocycles. The van der Waals surface area contributed by atoms with Crippen molar-refractivity contribution in [3.05, 3.63) is 16.4 Å². The predicted octanol–water partition coefficient (Wildman–Crippen LogP) is 3.18. The fraction of sp³-hybridized carbons (Fsp3) is 0.800. The Hall–Kier alpha value is -0.390. The Labute approximate surface area is 130 Å². The van der Waals surface area contributed by atoms with E-state index < -0.39 is 0 Å². The highest BCUT2D eigenvalue weighted by atomic mass is 79.9. The van der Waals surface area contributed by atoms with E-state index in [1.54, 1.807) is 0 Å². The van der Waals surface area contributed by atoms with E-state index >= 15 is 0 Å². The van der Waals surface area contributed by atoms with Crippen LogP contribution in [0, 0.1) is 5.41 Å². The lowest BCUT2D eigenvalue weighted by Gasteiger charge is -2.35. The van der Waals surface area contributed by atoms with Crippen LogP contribution < -0.4 is 5.73 Å². The Bertz CT molecular complexity index is 435. The fourth-order valence-electron chi connectivity index (χ4n) is 3.41. The standard InChI is InChI=1S/C15H27BrN4/c1-4-15(7-5-6-8-15)14(17)13-12(16)11-18-20(13)10-9-19(2)3/h11,14H,4-10,17H2,1-3H3. The first-order chi connectivity index (χ1) is 9.50. The van der Waals surface area contributed by atoms with Crippen LogP contribution in [0.3, 0.4) is 0 Å². The van der Waals surface area contributed by atoms with Crippen molar-refractivity contribution in [3.8, 4) is 0 Å². The molecule has 0 radical (unpaired) electrons. The molecule has 1 aromatic rings. The molecule has 1 unspecified atom stereocenters. The van der Waals surface area contributed by atoms with E-state index in [9.17, 15) is 0 Å². The monoisotopic (exact) mass is 342 g/mol. The number of rotatable bonds is 6. The summed E-state index contributed by atoms with van der Waals surface area (Å²) in [5, 5.41) is 4.51. The van der Waals surface area contributed by atoms with E-state index in [1.807, 2.05) is 6.20 Å². The van der Waals surface area contributed by atoms with Gasteiger partial charge in [0, 0.05) is 6.54 Å². The van der Waals surface area contributed by atoms with Gasteiger partial charge in [-0.25, -0.2) is 0 Å². The number of nitrogens with two attached hydrogens (primary N) is 1. The van der Waals surface area contributed by atoms with Crippen molar-refractivity contribution in [2.45, 2.75) is 51.6 Å². The Morgan fingerprint density at radius 3 is 2.65 bits per heavy atom. The first-order valence-electron chi connectivity index (χ1n) is 7.61. The summed E-state index contributed by atoms with van der Waals surface area (Å²) in [7, 11) is 4.17. The first kappa shape index (κ1) is 16.0. The van der Waals surface area contributed by atoms with E-state index in [0.717, 1.165) is 24.0 Å². The summed E-state index contributed by atoms with van der Waals surface area (Å²) in [4.78, 5) is 2.18. The van der Waals surface area contributed by atoms with E-state index in [-0.39, 0.29) is 11.5 Å². The van der Waals surface area contributed by atoms with E-state index in [1.165, 1.54) is 31.4 Å². The molecule has 1 fully saturated rings. The van der Waals surface area contributed by atoms with Crippen LogP contribution in [0.4, 0.5) is 0 Å². The van der Waals surface area contributed by atoms with Crippen molar-refractivity contribution in [1.82, 2.24) is 14.7 Å².